The molecule has 146 valence electrons. The van der Waals surface area contributed by atoms with Gasteiger partial charge >= 0.3 is 0 Å². The fourth-order valence-electron chi connectivity index (χ4n) is 3.10. The van der Waals surface area contributed by atoms with Gasteiger partial charge in [0.15, 0.2) is 5.96 Å². The molecule has 2 amide bonds. The summed E-state index contributed by atoms with van der Waals surface area (Å²) in [5.41, 5.74) is 0.925. The van der Waals surface area contributed by atoms with Crippen molar-refractivity contribution < 1.29 is 9.59 Å². The van der Waals surface area contributed by atoms with Crippen molar-refractivity contribution in [1.82, 2.24) is 20.4 Å². The molecule has 1 saturated carbocycles. The molecule has 0 atom stereocenters. The summed E-state index contributed by atoms with van der Waals surface area (Å²) in [5, 5.41) is 6.70. The topological polar surface area (TPSA) is 77.0 Å². The van der Waals surface area contributed by atoms with E-state index in [0.717, 1.165) is 18.4 Å². The van der Waals surface area contributed by atoms with Crippen LogP contribution < -0.4 is 10.6 Å². The summed E-state index contributed by atoms with van der Waals surface area (Å²) in [7, 11) is 1.71. The molecule has 0 bridgehead atoms. The van der Waals surface area contributed by atoms with Crippen molar-refractivity contribution in [2.45, 2.75) is 25.3 Å². The second-order valence-corrected chi connectivity index (χ2v) is 7.35. The lowest BCUT2D eigenvalue weighted by Gasteiger charge is -2.36. The van der Waals surface area contributed by atoms with E-state index in [-0.39, 0.29) is 18.4 Å². The van der Waals surface area contributed by atoms with E-state index in [1.807, 2.05) is 23.1 Å². The summed E-state index contributed by atoms with van der Waals surface area (Å²) in [5.74, 6) is 0.792. The Kier molecular flexibility index (Phi) is 6.55. The van der Waals surface area contributed by atoms with Crippen LogP contribution in [0.4, 0.5) is 0 Å². The predicted octanol–water partition coefficient (Wildman–Crippen LogP) is 0.881. The number of aliphatic imine (C=N–C) groups is 1. The van der Waals surface area contributed by atoms with Gasteiger partial charge in [-0.15, -0.1) is 0 Å². The Morgan fingerprint density at radius 2 is 1.89 bits per heavy atom. The van der Waals surface area contributed by atoms with Gasteiger partial charge in [0, 0.05) is 44.3 Å². The van der Waals surface area contributed by atoms with Crippen LogP contribution in [0, 0.1) is 0 Å². The summed E-state index contributed by atoms with van der Waals surface area (Å²) in [4.78, 5) is 32.5. The smallest absolute Gasteiger partial charge is 0.239 e. The number of nitrogens with zero attached hydrogens (tertiary/aromatic N) is 3. The zero-order chi connectivity index (χ0) is 19.2. The monoisotopic (exact) mass is 391 g/mol. The highest BCUT2D eigenvalue weighted by Crippen LogP contribution is 2.18. The summed E-state index contributed by atoms with van der Waals surface area (Å²) >= 11 is 5.99. The van der Waals surface area contributed by atoms with Gasteiger partial charge < -0.3 is 20.4 Å². The van der Waals surface area contributed by atoms with E-state index in [1.54, 1.807) is 13.1 Å². The van der Waals surface area contributed by atoms with Gasteiger partial charge in [0.2, 0.25) is 11.8 Å². The van der Waals surface area contributed by atoms with Crippen LogP contribution in [0.25, 0.3) is 0 Å². The summed E-state index contributed by atoms with van der Waals surface area (Å²) in [6, 6.07) is 7.76. The second-order valence-electron chi connectivity index (χ2n) is 6.92. The zero-order valence-corrected chi connectivity index (χ0v) is 16.3. The number of hydrogen-bond donors (Lipinski definition) is 2. The number of rotatable bonds is 5. The quantitative estimate of drug-likeness (QED) is 0.577. The lowest BCUT2D eigenvalue weighted by Crippen LogP contribution is -2.55. The maximum Gasteiger partial charge on any atom is 0.239 e. The molecule has 0 radical (unpaired) electrons. The van der Waals surface area contributed by atoms with Crippen LogP contribution in [0.5, 0.6) is 0 Å². The number of halogens is 1. The lowest BCUT2D eigenvalue weighted by molar-refractivity contribution is -0.131. The predicted molar refractivity (Wildman–Crippen MR) is 106 cm³/mol. The van der Waals surface area contributed by atoms with E-state index in [9.17, 15) is 9.59 Å². The number of hydrogen-bond acceptors (Lipinski definition) is 3. The molecule has 3 rings (SSSR count). The number of piperazine rings is 1. The maximum atomic E-state index is 12.5. The van der Waals surface area contributed by atoms with E-state index < -0.39 is 0 Å². The van der Waals surface area contributed by atoms with Crippen molar-refractivity contribution in [1.29, 1.82) is 0 Å². The molecule has 1 heterocycles. The first-order valence-corrected chi connectivity index (χ1v) is 9.70. The normalized spacial score (nSPS) is 17.6. The first kappa shape index (κ1) is 19.5. The molecule has 1 saturated heterocycles. The molecule has 1 aromatic rings. The van der Waals surface area contributed by atoms with Crippen LogP contribution in [-0.4, -0.2) is 73.4 Å². The fraction of sp³-hybridized carbons (Fsp3) is 0.526. The van der Waals surface area contributed by atoms with Gasteiger partial charge in [-0.05, 0) is 30.5 Å². The molecule has 7 nitrogen and oxygen atoms in total. The molecule has 2 N–H and O–H groups in total. The van der Waals surface area contributed by atoms with Crippen molar-refractivity contribution in [3.8, 4) is 0 Å². The molecule has 0 unspecified atom stereocenters. The fourth-order valence-corrected chi connectivity index (χ4v) is 3.31. The average molecular weight is 392 g/mol. The number of nitrogens with one attached hydrogen (secondary N) is 2. The minimum absolute atomic E-state index is 0.00557. The molecule has 0 aromatic heterocycles. The third-order valence-corrected chi connectivity index (χ3v) is 4.97. The number of guanidine groups is 1. The molecule has 2 fully saturated rings. The van der Waals surface area contributed by atoms with Crippen LogP contribution in [-0.2, 0) is 16.0 Å². The first-order valence-electron chi connectivity index (χ1n) is 9.32. The third kappa shape index (κ3) is 5.85. The summed E-state index contributed by atoms with van der Waals surface area (Å²) in [6.45, 7) is 2.86. The van der Waals surface area contributed by atoms with Gasteiger partial charge in [-0.2, -0.15) is 0 Å². The van der Waals surface area contributed by atoms with Crippen LogP contribution in [0.2, 0.25) is 5.02 Å². The molecular formula is C19H26ClN5O2. The molecule has 0 spiro atoms. The Morgan fingerprint density at radius 3 is 2.52 bits per heavy atom. The molecule has 2 aliphatic rings. The number of carbonyl (C=O) groups excluding carboxylic acids is 2. The molecule has 27 heavy (non-hydrogen) atoms. The molecule has 1 aromatic carbocycles. The van der Waals surface area contributed by atoms with E-state index in [4.69, 9.17) is 11.6 Å². The van der Waals surface area contributed by atoms with Crippen molar-refractivity contribution in [3.63, 3.8) is 0 Å². The van der Waals surface area contributed by atoms with Crippen molar-refractivity contribution in [2.24, 2.45) is 4.99 Å². The van der Waals surface area contributed by atoms with E-state index in [0.29, 0.717) is 49.6 Å². The highest BCUT2D eigenvalue weighted by atomic mass is 35.5. The summed E-state index contributed by atoms with van der Waals surface area (Å²) in [6.07, 6.45) is 2.51. The molecular weight excluding hydrogens is 366 g/mol. The molecule has 1 aliphatic carbocycles. The van der Waals surface area contributed by atoms with E-state index >= 15 is 0 Å². The Labute approximate surface area is 164 Å². The molecule has 1 aliphatic heterocycles. The Balaban J connectivity index is 1.43. The van der Waals surface area contributed by atoms with Crippen molar-refractivity contribution in [2.75, 3.05) is 39.8 Å². The number of carbonyl (C=O) groups is 2. The Morgan fingerprint density at radius 1 is 1.19 bits per heavy atom. The standard InChI is InChI=1S/C19H26ClN5O2/c1-21-19(22-13-17(26)23-16-5-6-16)25-9-7-24(8-10-25)18(27)12-14-3-2-4-15(20)11-14/h2-4,11,16H,5-10,12-13H2,1H3,(H,21,22)(H,23,26). The largest absolute Gasteiger partial charge is 0.352 e. The first-order chi connectivity index (χ1) is 13.0. The Bertz CT molecular complexity index is 712. The van der Waals surface area contributed by atoms with Gasteiger partial charge in [-0.1, -0.05) is 23.7 Å². The SMILES string of the molecule is CN=C(NCC(=O)NC1CC1)N1CCN(C(=O)Cc2cccc(Cl)c2)CC1. The average Bonchev–Trinajstić information content (AvgIpc) is 3.46. The van der Waals surface area contributed by atoms with Gasteiger partial charge in [-0.25, -0.2) is 0 Å². The third-order valence-electron chi connectivity index (χ3n) is 4.74. The van der Waals surface area contributed by atoms with Crippen LogP contribution in [0.1, 0.15) is 18.4 Å². The molecule has 8 heteroatoms. The van der Waals surface area contributed by atoms with Gasteiger partial charge in [-0.3, -0.25) is 14.6 Å². The Hall–Kier alpha value is -2.28. The van der Waals surface area contributed by atoms with Gasteiger partial charge in [0.1, 0.15) is 0 Å². The van der Waals surface area contributed by atoms with Gasteiger partial charge in [0.25, 0.3) is 0 Å². The minimum atomic E-state index is -0.00557. The number of benzene rings is 1. The highest BCUT2D eigenvalue weighted by Gasteiger charge is 2.25. The van der Waals surface area contributed by atoms with Crippen LogP contribution in [0.15, 0.2) is 29.3 Å². The van der Waals surface area contributed by atoms with E-state index in [1.165, 1.54) is 0 Å². The number of amides is 2. The highest BCUT2D eigenvalue weighted by molar-refractivity contribution is 6.30. The lowest BCUT2D eigenvalue weighted by atomic mass is 10.1. The minimum Gasteiger partial charge on any atom is -0.352 e. The van der Waals surface area contributed by atoms with Crippen molar-refractivity contribution >= 4 is 29.4 Å². The van der Waals surface area contributed by atoms with Crippen molar-refractivity contribution in [3.05, 3.63) is 34.9 Å². The zero-order valence-electron chi connectivity index (χ0n) is 15.6. The second kappa shape index (κ2) is 9.08. The summed E-state index contributed by atoms with van der Waals surface area (Å²) < 4.78 is 0. The van der Waals surface area contributed by atoms with Gasteiger partial charge in [0.05, 0.1) is 13.0 Å². The maximum absolute atomic E-state index is 12.5. The van der Waals surface area contributed by atoms with Crippen LogP contribution >= 0.6 is 11.6 Å². The van der Waals surface area contributed by atoms with E-state index in [2.05, 4.69) is 20.5 Å². The van der Waals surface area contributed by atoms with Crippen LogP contribution in [0.3, 0.4) is 0 Å².